The van der Waals surface area contributed by atoms with Crippen LogP contribution in [0.2, 0.25) is 0 Å². The Morgan fingerprint density at radius 1 is 0.848 bits per heavy atom. The van der Waals surface area contributed by atoms with Crippen molar-refractivity contribution in [2.75, 3.05) is 45.0 Å². The average Bonchev–Trinajstić information content (AvgIpc) is 3.72. The summed E-state index contributed by atoms with van der Waals surface area (Å²) in [5.41, 5.74) is 6.76. The molecule has 4 aliphatic heterocycles. The number of morpholine rings is 1. The smallest absolute Gasteiger partial charge is 0.258 e. The standard InChI is InChI=1S/C37H38N4O5/c42-36(38-27-10-2-1-3-11-27)35-31(23-40-13-7-6-12-32(35)40)29-19-33-34(46-24-45-33)20-30(29)37(43)41-21-26-9-5-4-8-25(26)18-28(41)22-39-14-16-44-17-15-39/h1-5,8-11,19-20,23,28H,6-7,12-18,21-22,24H2,(H,38,42)/t28-/m0/s1. The lowest BCUT2D eigenvalue weighted by molar-refractivity contribution is 0.0193. The van der Waals surface area contributed by atoms with Gasteiger partial charge in [0.15, 0.2) is 11.5 Å². The molecular weight excluding hydrogens is 580 g/mol. The maximum Gasteiger partial charge on any atom is 0.258 e. The van der Waals surface area contributed by atoms with Crippen molar-refractivity contribution >= 4 is 17.5 Å². The van der Waals surface area contributed by atoms with E-state index in [0.717, 1.165) is 68.8 Å². The summed E-state index contributed by atoms with van der Waals surface area (Å²) < 4.78 is 19.5. The molecule has 0 aliphatic carbocycles. The Balaban J connectivity index is 1.22. The van der Waals surface area contributed by atoms with Gasteiger partial charge in [-0.25, -0.2) is 0 Å². The first-order valence-corrected chi connectivity index (χ1v) is 16.3. The van der Waals surface area contributed by atoms with Crippen molar-refractivity contribution in [1.29, 1.82) is 0 Å². The van der Waals surface area contributed by atoms with E-state index in [4.69, 9.17) is 14.2 Å². The van der Waals surface area contributed by atoms with Crippen molar-refractivity contribution in [3.63, 3.8) is 0 Å². The average molecular weight is 619 g/mol. The number of ether oxygens (including phenoxy) is 3. The zero-order chi connectivity index (χ0) is 31.0. The van der Waals surface area contributed by atoms with E-state index in [1.54, 1.807) is 0 Å². The van der Waals surface area contributed by atoms with Crippen LogP contribution in [0.4, 0.5) is 5.69 Å². The minimum atomic E-state index is -0.176. The predicted octanol–water partition coefficient (Wildman–Crippen LogP) is 5.37. The van der Waals surface area contributed by atoms with E-state index < -0.39 is 0 Å². The van der Waals surface area contributed by atoms with Crippen LogP contribution in [-0.4, -0.2) is 71.9 Å². The number of hydrogen-bond donors (Lipinski definition) is 1. The van der Waals surface area contributed by atoms with E-state index in [-0.39, 0.29) is 24.6 Å². The number of hydrogen-bond acceptors (Lipinski definition) is 6. The fraction of sp³-hybridized carbons (Fsp3) is 0.351. The van der Waals surface area contributed by atoms with Gasteiger partial charge in [0.25, 0.3) is 11.8 Å². The molecule has 0 bridgehead atoms. The number of aryl methyl sites for hydroxylation is 1. The van der Waals surface area contributed by atoms with E-state index in [2.05, 4.69) is 39.2 Å². The molecule has 0 saturated carbocycles. The van der Waals surface area contributed by atoms with E-state index in [1.165, 1.54) is 11.1 Å². The van der Waals surface area contributed by atoms with Gasteiger partial charge in [-0.05, 0) is 61.1 Å². The highest BCUT2D eigenvalue weighted by molar-refractivity contribution is 6.12. The third-order valence-electron chi connectivity index (χ3n) is 9.73. The van der Waals surface area contributed by atoms with Gasteiger partial charge in [-0.3, -0.25) is 14.5 Å². The first-order chi connectivity index (χ1) is 22.6. The Morgan fingerprint density at radius 3 is 2.43 bits per heavy atom. The van der Waals surface area contributed by atoms with Gasteiger partial charge in [0, 0.05) is 67.5 Å². The van der Waals surface area contributed by atoms with Crippen LogP contribution in [0.1, 0.15) is 50.4 Å². The SMILES string of the molecule is O=C(Nc1ccccc1)c1c(-c2cc3c(cc2C(=O)N2Cc4ccccc4C[C@H]2CN2CCOCC2)OCO3)cn2c1CCCC2. The fourth-order valence-corrected chi connectivity index (χ4v) is 7.38. The molecule has 2 amide bonds. The topological polar surface area (TPSA) is 85.3 Å². The number of nitrogens with one attached hydrogen (secondary N) is 1. The Bertz CT molecular complexity index is 1780. The van der Waals surface area contributed by atoms with Crippen molar-refractivity contribution in [2.24, 2.45) is 0 Å². The van der Waals surface area contributed by atoms with Crippen LogP contribution in [0.5, 0.6) is 11.5 Å². The summed E-state index contributed by atoms with van der Waals surface area (Å²) in [6.45, 7) is 5.33. The predicted molar refractivity (Wildman–Crippen MR) is 174 cm³/mol. The molecule has 1 aromatic heterocycles. The van der Waals surface area contributed by atoms with Crippen LogP contribution in [0.15, 0.2) is 72.9 Å². The molecule has 0 radical (unpaired) electrons. The largest absolute Gasteiger partial charge is 0.454 e. The summed E-state index contributed by atoms with van der Waals surface area (Å²) >= 11 is 0. The van der Waals surface area contributed by atoms with Gasteiger partial charge in [0.05, 0.1) is 24.3 Å². The Morgan fingerprint density at radius 2 is 1.61 bits per heavy atom. The molecule has 3 aromatic carbocycles. The molecule has 1 N–H and O–H groups in total. The quantitative estimate of drug-likeness (QED) is 0.313. The van der Waals surface area contributed by atoms with Crippen LogP contribution < -0.4 is 14.8 Å². The molecule has 1 atom stereocenters. The number of para-hydroxylation sites is 1. The van der Waals surface area contributed by atoms with E-state index >= 15 is 0 Å². The van der Waals surface area contributed by atoms with Crippen molar-refractivity contribution in [1.82, 2.24) is 14.4 Å². The highest BCUT2D eigenvalue weighted by Gasteiger charge is 2.36. The summed E-state index contributed by atoms with van der Waals surface area (Å²) in [5, 5.41) is 3.11. The van der Waals surface area contributed by atoms with Gasteiger partial charge in [-0.15, -0.1) is 0 Å². The van der Waals surface area contributed by atoms with Crippen molar-refractivity contribution in [3.05, 3.63) is 101 Å². The lowest BCUT2D eigenvalue weighted by Crippen LogP contribution is -2.52. The molecular formula is C37H38N4O5. The summed E-state index contributed by atoms with van der Waals surface area (Å²) in [6.07, 6.45) is 5.70. The summed E-state index contributed by atoms with van der Waals surface area (Å²) in [7, 11) is 0. The molecule has 46 heavy (non-hydrogen) atoms. The molecule has 9 heteroatoms. The van der Waals surface area contributed by atoms with Gasteiger partial charge in [0.2, 0.25) is 6.79 Å². The molecule has 236 valence electrons. The molecule has 0 spiro atoms. The number of rotatable bonds is 6. The minimum absolute atomic E-state index is 0.0122. The molecule has 8 rings (SSSR count). The Hall–Kier alpha value is -4.60. The molecule has 0 unspecified atom stereocenters. The fourth-order valence-electron chi connectivity index (χ4n) is 7.38. The monoisotopic (exact) mass is 618 g/mol. The van der Waals surface area contributed by atoms with E-state index in [9.17, 15) is 9.59 Å². The summed E-state index contributed by atoms with van der Waals surface area (Å²) in [4.78, 5) is 33.5. The van der Waals surface area contributed by atoms with Gasteiger partial charge >= 0.3 is 0 Å². The van der Waals surface area contributed by atoms with Crippen LogP contribution in [0.3, 0.4) is 0 Å². The second-order valence-corrected chi connectivity index (χ2v) is 12.6. The molecule has 5 heterocycles. The number of carbonyl (C=O) groups is 2. The zero-order valence-electron chi connectivity index (χ0n) is 25.9. The lowest BCUT2D eigenvalue weighted by Gasteiger charge is -2.40. The molecule has 1 saturated heterocycles. The van der Waals surface area contributed by atoms with Gasteiger partial charge in [-0.1, -0.05) is 42.5 Å². The second kappa shape index (κ2) is 12.3. The lowest BCUT2D eigenvalue weighted by atomic mass is 9.90. The number of fused-ring (bicyclic) bond motifs is 3. The maximum atomic E-state index is 14.9. The van der Waals surface area contributed by atoms with Gasteiger partial charge in [0.1, 0.15) is 0 Å². The van der Waals surface area contributed by atoms with Crippen LogP contribution >= 0.6 is 0 Å². The van der Waals surface area contributed by atoms with Crippen LogP contribution in [-0.2, 0) is 30.7 Å². The third-order valence-corrected chi connectivity index (χ3v) is 9.73. The maximum absolute atomic E-state index is 14.9. The van der Waals surface area contributed by atoms with Crippen molar-refractivity contribution in [2.45, 2.75) is 44.8 Å². The highest BCUT2D eigenvalue weighted by atomic mass is 16.7. The number of anilines is 1. The Kier molecular flexibility index (Phi) is 7.71. The number of aromatic nitrogens is 1. The highest BCUT2D eigenvalue weighted by Crippen LogP contribution is 2.43. The van der Waals surface area contributed by atoms with Gasteiger partial charge < -0.3 is 29.0 Å². The first-order valence-electron chi connectivity index (χ1n) is 16.3. The molecule has 4 aromatic rings. The number of benzene rings is 3. The van der Waals surface area contributed by atoms with Gasteiger partial charge in [-0.2, -0.15) is 0 Å². The van der Waals surface area contributed by atoms with Crippen LogP contribution in [0.25, 0.3) is 11.1 Å². The van der Waals surface area contributed by atoms with E-state index in [1.807, 2.05) is 53.4 Å². The normalized spacial score (nSPS) is 19.0. The minimum Gasteiger partial charge on any atom is -0.454 e. The summed E-state index contributed by atoms with van der Waals surface area (Å²) in [5.74, 6) is 0.886. The first kappa shape index (κ1) is 28.8. The Labute approximate surface area is 268 Å². The molecule has 1 fully saturated rings. The van der Waals surface area contributed by atoms with E-state index in [0.29, 0.717) is 47.9 Å². The van der Waals surface area contributed by atoms with Crippen molar-refractivity contribution in [3.8, 4) is 22.6 Å². The second-order valence-electron chi connectivity index (χ2n) is 12.6. The number of amides is 2. The third kappa shape index (κ3) is 5.43. The summed E-state index contributed by atoms with van der Waals surface area (Å²) in [6, 6.07) is 21.6. The van der Waals surface area contributed by atoms with Crippen LogP contribution in [0, 0.1) is 0 Å². The molecule has 4 aliphatic rings. The number of nitrogens with zero attached hydrogens (tertiary/aromatic N) is 3. The number of carbonyl (C=O) groups excluding carboxylic acids is 2. The zero-order valence-corrected chi connectivity index (χ0v) is 25.9. The molecule has 9 nitrogen and oxygen atoms in total. The van der Waals surface area contributed by atoms with Crippen molar-refractivity contribution < 1.29 is 23.8 Å².